The van der Waals surface area contributed by atoms with Crippen molar-refractivity contribution in [3.63, 3.8) is 0 Å². The molecule has 27 heavy (non-hydrogen) atoms. The normalized spacial score (nSPS) is 17.9. The summed E-state index contributed by atoms with van der Waals surface area (Å²) in [5.41, 5.74) is 4.85. The topological polar surface area (TPSA) is 70.6 Å². The van der Waals surface area contributed by atoms with Crippen molar-refractivity contribution in [2.75, 3.05) is 26.4 Å². The van der Waals surface area contributed by atoms with Crippen LogP contribution in [0.25, 0.3) is 0 Å². The standard InChI is InChI=1S/C19H25N3O3S2/c1-21(12-18-13-26-14-20-18)19(23)10-16-5-3-15(4-6-16)9-17-7-8-22(11-17)27(2,24)25/h3-6,13-14,17H,7-12H2,1-2H3. The van der Waals surface area contributed by atoms with Crippen LogP contribution in [0.1, 0.15) is 23.2 Å². The molecule has 1 aliphatic heterocycles. The number of nitrogens with zero attached hydrogens (tertiary/aromatic N) is 3. The minimum absolute atomic E-state index is 0.0651. The highest BCUT2D eigenvalue weighted by molar-refractivity contribution is 7.88. The van der Waals surface area contributed by atoms with Gasteiger partial charge in [-0.3, -0.25) is 4.79 Å². The zero-order chi connectivity index (χ0) is 19.4. The van der Waals surface area contributed by atoms with Crippen LogP contribution in [0.5, 0.6) is 0 Å². The number of likely N-dealkylation sites (N-methyl/N-ethyl adjacent to an activating group) is 1. The van der Waals surface area contributed by atoms with Crippen LogP contribution in [0.15, 0.2) is 35.2 Å². The molecule has 1 unspecified atom stereocenters. The summed E-state index contributed by atoms with van der Waals surface area (Å²) in [6, 6.07) is 8.08. The number of thiazole rings is 1. The predicted octanol–water partition coefficient (Wildman–Crippen LogP) is 2.17. The highest BCUT2D eigenvalue weighted by Crippen LogP contribution is 2.23. The fraction of sp³-hybridized carbons (Fsp3) is 0.474. The van der Waals surface area contributed by atoms with Crippen LogP contribution in [0.4, 0.5) is 0 Å². The first kappa shape index (κ1) is 20.0. The fourth-order valence-electron chi connectivity index (χ4n) is 3.35. The SMILES string of the molecule is CN(Cc1cscn1)C(=O)Cc1ccc(CC2CCN(S(C)(=O)=O)C2)cc1. The molecule has 0 saturated carbocycles. The molecule has 1 amide bonds. The molecule has 0 N–H and O–H groups in total. The largest absolute Gasteiger partial charge is 0.340 e. The van der Waals surface area contributed by atoms with Gasteiger partial charge >= 0.3 is 0 Å². The molecule has 1 aromatic heterocycles. The Hall–Kier alpha value is -1.77. The van der Waals surface area contributed by atoms with E-state index in [0.717, 1.165) is 24.1 Å². The van der Waals surface area contributed by atoms with Crippen LogP contribution in [-0.2, 0) is 34.2 Å². The molecule has 0 spiro atoms. The van der Waals surface area contributed by atoms with E-state index in [9.17, 15) is 13.2 Å². The van der Waals surface area contributed by atoms with E-state index in [2.05, 4.69) is 4.98 Å². The van der Waals surface area contributed by atoms with Crippen LogP contribution in [0.2, 0.25) is 0 Å². The van der Waals surface area contributed by atoms with Gasteiger partial charge < -0.3 is 4.90 Å². The first-order chi connectivity index (χ1) is 12.8. The van der Waals surface area contributed by atoms with E-state index in [1.807, 2.05) is 29.6 Å². The summed E-state index contributed by atoms with van der Waals surface area (Å²) in [6.45, 7) is 1.74. The Morgan fingerprint density at radius 1 is 1.30 bits per heavy atom. The molecule has 1 aromatic carbocycles. The number of benzene rings is 1. The molecule has 0 aliphatic carbocycles. The monoisotopic (exact) mass is 407 g/mol. The van der Waals surface area contributed by atoms with Crippen LogP contribution in [-0.4, -0.2) is 54.9 Å². The predicted molar refractivity (Wildman–Crippen MR) is 107 cm³/mol. The second-order valence-corrected chi connectivity index (χ2v) is 9.90. The lowest BCUT2D eigenvalue weighted by molar-refractivity contribution is -0.129. The van der Waals surface area contributed by atoms with Crippen molar-refractivity contribution in [1.82, 2.24) is 14.2 Å². The van der Waals surface area contributed by atoms with Crippen LogP contribution in [0.3, 0.4) is 0 Å². The van der Waals surface area contributed by atoms with Gasteiger partial charge in [-0.05, 0) is 29.9 Å². The molecular formula is C19H25N3O3S2. The third-order valence-corrected chi connectivity index (χ3v) is 6.83. The van der Waals surface area contributed by atoms with Crippen molar-refractivity contribution in [3.8, 4) is 0 Å². The molecule has 0 bridgehead atoms. The maximum absolute atomic E-state index is 12.4. The molecule has 2 heterocycles. The summed E-state index contributed by atoms with van der Waals surface area (Å²) in [4.78, 5) is 18.3. The first-order valence-corrected chi connectivity index (χ1v) is 11.7. The third kappa shape index (κ3) is 5.60. The minimum atomic E-state index is -3.09. The number of aromatic nitrogens is 1. The number of rotatable bonds is 7. The second kappa shape index (κ2) is 8.50. The molecule has 1 aliphatic rings. The fourth-order valence-corrected chi connectivity index (χ4v) is 4.82. The van der Waals surface area contributed by atoms with Gasteiger partial charge in [0, 0.05) is 25.5 Å². The van der Waals surface area contributed by atoms with Crippen molar-refractivity contribution in [2.45, 2.75) is 25.8 Å². The Labute approximate surface area is 164 Å². The quantitative estimate of drug-likeness (QED) is 0.705. The molecule has 146 valence electrons. The van der Waals surface area contributed by atoms with Gasteiger partial charge in [-0.2, -0.15) is 0 Å². The second-order valence-electron chi connectivity index (χ2n) is 7.20. The third-order valence-electron chi connectivity index (χ3n) is 4.93. The molecule has 1 saturated heterocycles. The molecular weight excluding hydrogens is 382 g/mol. The van der Waals surface area contributed by atoms with E-state index in [4.69, 9.17) is 0 Å². The van der Waals surface area contributed by atoms with Gasteiger partial charge in [0.2, 0.25) is 15.9 Å². The average Bonchev–Trinajstić information content (AvgIpc) is 3.28. The van der Waals surface area contributed by atoms with Gasteiger partial charge in [0.25, 0.3) is 0 Å². The highest BCUT2D eigenvalue weighted by atomic mass is 32.2. The van der Waals surface area contributed by atoms with E-state index in [-0.39, 0.29) is 5.91 Å². The maximum atomic E-state index is 12.4. The van der Waals surface area contributed by atoms with Gasteiger partial charge in [0.05, 0.1) is 30.4 Å². The van der Waals surface area contributed by atoms with Crippen molar-refractivity contribution < 1.29 is 13.2 Å². The summed E-state index contributed by atoms with van der Waals surface area (Å²) >= 11 is 1.53. The van der Waals surface area contributed by atoms with Gasteiger partial charge in [0.15, 0.2) is 0 Å². The van der Waals surface area contributed by atoms with Gasteiger partial charge in [-0.15, -0.1) is 11.3 Å². The number of hydrogen-bond donors (Lipinski definition) is 0. The number of amides is 1. The maximum Gasteiger partial charge on any atom is 0.227 e. The summed E-state index contributed by atoms with van der Waals surface area (Å²) in [7, 11) is -1.29. The average molecular weight is 408 g/mol. The number of carbonyl (C=O) groups is 1. The van der Waals surface area contributed by atoms with Crippen molar-refractivity contribution >= 4 is 27.3 Å². The van der Waals surface area contributed by atoms with E-state index in [0.29, 0.717) is 32.0 Å². The smallest absolute Gasteiger partial charge is 0.227 e. The van der Waals surface area contributed by atoms with Gasteiger partial charge in [-0.1, -0.05) is 24.3 Å². The van der Waals surface area contributed by atoms with E-state index >= 15 is 0 Å². The van der Waals surface area contributed by atoms with Crippen molar-refractivity contribution in [3.05, 3.63) is 52.0 Å². The van der Waals surface area contributed by atoms with Gasteiger partial charge in [-0.25, -0.2) is 17.7 Å². The Morgan fingerprint density at radius 2 is 2.00 bits per heavy atom. The molecule has 6 nitrogen and oxygen atoms in total. The lowest BCUT2D eigenvalue weighted by Crippen LogP contribution is -2.28. The van der Waals surface area contributed by atoms with E-state index in [1.54, 1.807) is 21.8 Å². The summed E-state index contributed by atoms with van der Waals surface area (Å²) in [6.07, 6.45) is 3.40. The molecule has 1 atom stereocenters. The summed E-state index contributed by atoms with van der Waals surface area (Å²) in [5.74, 6) is 0.423. The minimum Gasteiger partial charge on any atom is -0.340 e. The van der Waals surface area contributed by atoms with E-state index < -0.39 is 10.0 Å². The highest BCUT2D eigenvalue weighted by Gasteiger charge is 2.28. The van der Waals surface area contributed by atoms with Crippen molar-refractivity contribution in [1.29, 1.82) is 0 Å². The zero-order valence-electron chi connectivity index (χ0n) is 15.7. The zero-order valence-corrected chi connectivity index (χ0v) is 17.3. The van der Waals surface area contributed by atoms with Crippen LogP contribution in [0, 0.1) is 5.92 Å². The van der Waals surface area contributed by atoms with Gasteiger partial charge in [0.1, 0.15) is 0 Å². The molecule has 3 rings (SSSR count). The summed E-state index contributed by atoms with van der Waals surface area (Å²) in [5, 5.41) is 1.95. The lowest BCUT2D eigenvalue weighted by atomic mass is 9.97. The van der Waals surface area contributed by atoms with Crippen LogP contribution < -0.4 is 0 Å². The first-order valence-electron chi connectivity index (χ1n) is 8.95. The Balaban J connectivity index is 1.51. The Bertz CT molecular complexity index is 864. The van der Waals surface area contributed by atoms with E-state index in [1.165, 1.54) is 23.2 Å². The number of carbonyl (C=O) groups excluding carboxylic acids is 1. The summed E-state index contributed by atoms with van der Waals surface area (Å²) < 4.78 is 24.8. The molecule has 0 radical (unpaired) electrons. The number of hydrogen-bond acceptors (Lipinski definition) is 5. The Kier molecular flexibility index (Phi) is 6.29. The Morgan fingerprint density at radius 3 is 2.59 bits per heavy atom. The molecule has 8 heteroatoms. The number of sulfonamides is 1. The lowest BCUT2D eigenvalue weighted by Gasteiger charge is -2.16. The molecule has 2 aromatic rings. The van der Waals surface area contributed by atoms with Crippen LogP contribution >= 0.6 is 11.3 Å². The van der Waals surface area contributed by atoms with Crippen molar-refractivity contribution in [2.24, 2.45) is 5.92 Å². The molecule has 1 fully saturated rings.